The molecule has 7 nitrogen and oxygen atoms in total. The molecule has 0 saturated carbocycles. The minimum absolute atomic E-state index is 0.0992. The fourth-order valence-electron chi connectivity index (χ4n) is 3.78. The zero-order valence-corrected chi connectivity index (χ0v) is 18.3. The number of rotatable bonds is 9. The summed E-state index contributed by atoms with van der Waals surface area (Å²) in [4.78, 5) is 35.8. The van der Waals surface area contributed by atoms with Crippen molar-refractivity contribution in [3.05, 3.63) is 59.7 Å². The van der Waals surface area contributed by atoms with E-state index in [0.717, 1.165) is 22.3 Å². The van der Waals surface area contributed by atoms with Crippen LogP contribution in [0, 0.1) is 5.41 Å². The summed E-state index contributed by atoms with van der Waals surface area (Å²) in [6.07, 6.45) is -4.62. The lowest BCUT2D eigenvalue weighted by molar-refractivity contribution is -0.144. The molecule has 9 heteroatoms. The van der Waals surface area contributed by atoms with Crippen LogP contribution in [0.1, 0.15) is 37.3 Å². The lowest BCUT2D eigenvalue weighted by Crippen LogP contribution is -2.50. The third kappa shape index (κ3) is 5.66. The van der Waals surface area contributed by atoms with Crippen molar-refractivity contribution in [1.29, 1.82) is 0 Å². The quantitative estimate of drug-likeness (QED) is 0.528. The summed E-state index contributed by atoms with van der Waals surface area (Å²) < 4.78 is 30.5. The van der Waals surface area contributed by atoms with Gasteiger partial charge in [-0.3, -0.25) is 4.79 Å². The highest BCUT2D eigenvalue weighted by Crippen LogP contribution is 2.44. The van der Waals surface area contributed by atoms with Crippen molar-refractivity contribution in [3.8, 4) is 11.1 Å². The average molecular weight is 460 g/mol. The molecule has 2 aromatic carbocycles. The van der Waals surface area contributed by atoms with Crippen LogP contribution in [0.5, 0.6) is 0 Å². The standard InChI is InChI=1S/C24H26F2N2O5/c1-24(2,22(31)28-19(21(29)30)11-20(25)26)13-27-23(32)33-12-18-16-9-5-3-7-14(16)15-8-4-6-10-17(15)18/h3-10,18-20H,11-13H2,1-2H3,(H,27,32)(H,28,31)(H,29,30). The van der Waals surface area contributed by atoms with Crippen molar-refractivity contribution in [2.75, 3.05) is 13.2 Å². The van der Waals surface area contributed by atoms with Crippen molar-refractivity contribution in [2.45, 2.75) is 38.7 Å². The van der Waals surface area contributed by atoms with Crippen LogP contribution < -0.4 is 10.6 Å². The fourth-order valence-corrected chi connectivity index (χ4v) is 3.78. The van der Waals surface area contributed by atoms with Gasteiger partial charge in [0.2, 0.25) is 12.3 Å². The van der Waals surface area contributed by atoms with Crippen LogP contribution in [0.25, 0.3) is 11.1 Å². The van der Waals surface area contributed by atoms with E-state index in [2.05, 4.69) is 10.6 Å². The Hall–Kier alpha value is -3.49. The van der Waals surface area contributed by atoms with Crippen molar-refractivity contribution >= 4 is 18.0 Å². The van der Waals surface area contributed by atoms with Gasteiger partial charge in [-0.2, -0.15) is 0 Å². The highest BCUT2D eigenvalue weighted by Gasteiger charge is 2.34. The van der Waals surface area contributed by atoms with Gasteiger partial charge in [-0.1, -0.05) is 48.5 Å². The fraction of sp³-hybridized carbons (Fsp3) is 0.375. The van der Waals surface area contributed by atoms with E-state index >= 15 is 0 Å². The Morgan fingerprint density at radius 1 is 1.03 bits per heavy atom. The number of carboxylic acids is 1. The molecule has 0 aliphatic heterocycles. The Bertz CT molecular complexity index is 996. The molecule has 0 aromatic heterocycles. The van der Waals surface area contributed by atoms with E-state index in [4.69, 9.17) is 9.84 Å². The van der Waals surface area contributed by atoms with Crippen LogP contribution in [0.3, 0.4) is 0 Å². The zero-order valence-electron chi connectivity index (χ0n) is 18.3. The number of carbonyl (C=O) groups excluding carboxylic acids is 2. The van der Waals surface area contributed by atoms with Gasteiger partial charge in [-0.05, 0) is 36.1 Å². The topological polar surface area (TPSA) is 105 Å². The van der Waals surface area contributed by atoms with Crippen molar-refractivity contribution in [3.63, 3.8) is 0 Å². The Morgan fingerprint density at radius 3 is 2.09 bits per heavy atom. The molecule has 3 rings (SSSR count). The van der Waals surface area contributed by atoms with Gasteiger partial charge in [0.15, 0.2) is 0 Å². The summed E-state index contributed by atoms with van der Waals surface area (Å²) in [5.74, 6) is -2.44. The highest BCUT2D eigenvalue weighted by molar-refractivity contribution is 5.87. The Morgan fingerprint density at radius 2 is 1.58 bits per heavy atom. The molecule has 0 radical (unpaired) electrons. The third-order valence-corrected chi connectivity index (χ3v) is 5.65. The van der Waals surface area contributed by atoms with E-state index in [1.54, 1.807) is 0 Å². The van der Waals surface area contributed by atoms with Crippen LogP contribution in [0.2, 0.25) is 0 Å². The molecule has 33 heavy (non-hydrogen) atoms. The van der Waals surface area contributed by atoms with Gasteiger partial charge in [0.1, 0.15) is 12.6 Å². The molecule has 0 spiro atoms. The maximum absolute atomic E-state index is 12.6. The maximum Gasteiger partial charge on any atom is 0.407 e. The van der Waals surface area contributed by atoms with Gasteiger partial charge in [-0.25, -0.2) is 18.4 Å². The van der Waals surface area contributed by atoms with Crippen LogP contribution in [0.4, 0.5) is 13.6 Å². The second-order valence-electron chi connectivity index (χ2n) is 8.55. The molecule has 1 aliphatic rings. The van der Waals surface area contributed by atoms with E-state index in [-0.39, 0.29) is 19.1 Å². The third-order valence-electron chi connectivity index (χ3n) is 5.65. The second kappa shape index (κ2) is 9.97. The van der Waals surface area contributed by atoms with Crippen LogP contribution in [-0.4, -0.2) is 48.7 Å². The zero-order chi connectivity index (χ0) is 24.2. The number of ether oxygens (including phenoxy) is 1. The van der Waals surface area contributed by atoms with Gasteiger partial charge < -0.3 is 20.5 Å². The number of alkyl halides is 2. The summed E-state index contributed by atoms with van der Waals surface area (Å²) in [5.41, 5.74) is 3.06. The van der Waals surface area contributed by atoms with E-state index in [1.165, 1.54) is 13.8 Å². The van der Waals surface area contributed by atoms with Crippen molar-refractivity contribution in [2.24, 2.45) is 5.41 Å². The summed E-state index contributed by atoms with van der Waals surface area (Å²) in [7, 11) is 0. The van der Waals surface area contributed by atoms with Crippen LogP contribution >= 0.6 is 0 Å². The predicted octanol–water partition coefficient (Wildman–Crippen LogP) is 3.78. The van der Waals surface area contributed by atoms with E-state index in [1.807, 2.05) is 48.5 Å². The number of hydrogen-bond donors (Lipinski definition) is 3. The molecule has 1 atom stereocenters. The summed E-state index contributed by atoms with van der Waals surface area (Å²) in [5, 5.41) is 13.6. The van der Waals surface area contributed by atoms with Gasteiger partial charge >= 0.3 is 12.1 Å². The Kier molecular flexibility index (Phi) is 7.30. The minimum atomic E-state index is -2.88. The highest BCUT2D eigenvalue weighted by atomic mass is 19.3. The van der Waals surface area contributed by atoms with Crippen molar-refractivity contribution < 1.29 is 33.0 Å². The largest absolute Gasteiger partial charge is 0.480 e. The normalized spacial score (nSPS) is 13.7. The number of nitrogens with one attached hydrogen (secondary N) is 2. The molecule has 2 amide bonds. The molecular formula is C24H26F2N2O5. The van der Waals surface area contributed by atoms with Crippen LogP contribution in [0.15, 0.2) is 48.5 Å². The molecule has 3 N–H and O–H groups in total. The molecule has 0 bridgehead atoms. The predicted molar refractivity (Wildman–Crippen MR) is 117 cm³/mol. The van der Waals surface area contributed by atoms with Gasteiger partial charge in [0, 0.05) is 18.9 Å². The summed E-state index contributed by atoms with van der Waals surface area (Å²) in [6.45, 7) is 2.86. The lowest BCUT2D eigenvalue weighted by atomic mass is 9.91. The Balaban J connectivity index is 1.56. The minimum Gasteiger partial charge on any atom is -0.480 e. The molecule has 0 heterocycles. The number of fused-ring (bicyclic) bond motifs is 3. The SMILES string of the molecule is CC(C)(CNC(=O)OCC1c2ccccc2-c2ccccc21)C(=O)NC(CC(F)F)C(=O)O. The van der Waals surface area contributed by atoms with Crippen LogP contribution in [-0.2, 0) is 14.3 Å². The monoisotopic (exact) mass is 460 g/mol. The number of halogens is 2. The van der Waals surface area contributed by atoms with Gasteiger partial charge in [0.05, 0.1) is 5.41 Å². The first-order chi connectivity index (χ1) is 15.6. The van der Waals surface area contributed by atoms with Gasteiger partial charge in [-0.15, -0.1) is 0 Å². The molecular weight excluding hydrogens is 434 g/mol. The van der Waals surface area contributed by atoms with E-state index < -0.39 is 42.3 Å². The second-order valence-corrected chi connectivity index (χ2v) is 8.55. The van der Waals surface area contributed by atoms with E-state index in [0.29, 0.717) is 0 Å². The summed E-state index contributed by atoms with van der Waals surface area (Å²) >= 11 is 0. The number of benzene rings is 2. The lowest BCUT2D eigenvalue weighted by Gasteiger charge is -2.26. The molecule has 2 aromatic rings. The number of carbonyl (C=O) groups is 3. The first-order valence-electron chi connectivity index (χ1n) is 10.5. The Labute approximate surface area is 190 Å². The number of carboxylic acid groups (broad SMARTS) is 1. The van der Waals surface area contributed by atoms with E-state index in [9.17, 15) is 23.2 Å². The molecule has 1 aliphatic carbocycles. The molecule has 1 unspecified atom stereocenters. The smallest absolute Gasteiger partial charge is 0.407 e. The van der Waals surface area contributed by atoms with Crippen molar-refractivity contribution in [1.82, 2.24) is 10.6 Å². The first kappa shape index (κ1) is 24.2. The first-order valence-corrected chi connectivity index (χ1v) is 10.5. The number of alkyl carbamates (subject to hydrolysis) is 1. The van der Waals surface area contributed by atoms with Gasteiger partial charge in [0.25, 0.3) is 0 Å². The number of hydrogen-bond acceptors (Lipinski definition) is 4. The molecule has 176 valence electrons. The number of amides is 2. The average Bonchev–Trinajstić information content (AvgIpc) is 3.09. The number of aliphatic carboxylic acids is 1. The summed E-state index contributed by atoms with van der Waals surface area (Å²) in [6, 6.07) is 14.1. The molecule has 0 fully saturated rings. The molecule has 0 saturated heterocycles. The maximum atomic E-state index is 12.6.